The molecule has 1 amide bonds. The minimum absolute atomic E-state index is 0.111. The number of esters is 1. The first-order chi connectivity index (χ1) is 11.7. The van der Waals surface area contributed by atoms with Crippen molar-refractivity contribution >= 4 is 11.9 Å². The van der Waals surface area contributed by atoms with Gasteiger partial charge >= 0.3 is 5.97 Å². The van der Waals surface area contributed by atoms with Gasteiger partial charge in [-0.05, 0) is 37.8 Å². The molecule has 3 aliphatic rings. The average molecular weight is 332 g/mol. The fourth-order valence-electron chi connectivity index (χ4n) is 4.40. The third kappa shape index (κ3) is 2.83. The number of ether oxygens (including phenoxy) is 1. The maximum atomic E-state index is 13.0. The van der Waals surface area contributed by atoms with Crippen molar-refractivity contribution in [2.24, 2.45) is 5.92 Å². The number of nitrogens with zero attached hydrogens (tertiary/aromatic N) is 2. The fourth-order valence-corrected chi connectivity index (χ4v) is 4.40. The number of rotatable bonds is 3. The van der Waals surface area contributed by atoms with Crippen molar-refractivity contribution in [2.75, 3.05) is 26.2 Å². The van der Waals surface area contributed by atoms with Gasteiger partial charge in [-0.25, -0.2) is 0 Å². The minimum atomic E-state index is -0.501. The van der Waals surface area contributed by atoms with E-state index in [1.807, 2.05) is 17.0 Å². The Labute approximate surface area is 141 Å². The summed E-state index contributed by atoms with van der Waals surface area (Å²) < 4.78 is 11.0. The van der Waals surface area contributed by atoms with Crippen LogP contribution >= 0.6 is 0 Å². The van der Waals surface area contributed by atoms with Crippen LogP contribution in [-0.4, -0.2) is 53.5 Å². The molecule has 24 heavy (non-hydrogen) atoms. The van der Waals surface area contributed by atoms with Crippen LogP contribution in [0.4, 0.5) is 0 Å². The quantitative estimate of drug-likeness (QED) is 0.790. The lowest BCUT2D eigenvalue weighted by Gasteiger charge is -2.37. The number of furan rings is 1. The number of carbonyl (C=O) groups is 2. The van der Waals surface area contributed by atoms with Crippen molar-refractivity contribution in [1.82, 2.24) is 9.80 Å². The molecule has 1 saturated carbocycles. The van der Waals surface area contributed by atoms with Crippen LogP contribution < -0.4 is 0 Å². The first-order valence-electron chi connectivity index (χ1n) is 8.92. The summed E-state index contributed by atoms with van der Waals surface area (Å²) in [5.74, 6) is 0.589. The highest BCUT2D eigenvalue weighted by atomic mass is 16.6. The molecule has 1 atom stereocenters. The van der Waals surface area contributed by atoms with Gasteiger partial charge in [-0.2, -0.15) is 0 Å². The monoisotopic (exact) mass is 332 g/mol. The van der Waals surface area contributed by atoms with Crippen LogP contribution in [0.5, 0.6) is 0 Å². The molecule has 0 bridgehead atoms. The highest BCUT2D eigenvalue weighted by molar-refractivity contribution is 5.88. The van der Waals surface area contributed by atoms with Crippen LogP contribution in [0, 0.1) is 5.92 Å². The maximum Gasteiger partial charge on any atom is 0.307 e. The number of piperazine rings is 1. The van der Waals surface area contributed by atoms with Gasteiger partial charge in [0.25, 0.3) is 0 Å². The van der Waals surface area contributed by atoms with Gasteiger partial charge in [0, 0.05) is 26.2 Å². The molecule has 0 aromatic carbocycles. The topological polar surface area (TPSA) is 63.0 Å². The van der Waals surface area contributed by atoms with Gasteiger partial charge in [0.15, 0.2) is 0 Å². The summed E-state index contributed by atoms with van der Waals surface area (Å²) in [4.78, 5) is 29.0. The first-order valence-corrected chi connectivity index (χ1v) is 8.92. The second-order valence-corrected chi connectivity index (χ2v) is 7.18. The molecule has 1 aliphatic carbocycles. The summed E-state index contributed by atoms with van der Waals surface area (Å²) in [6.07, 6.45) is 5.72. The van der Waals surface area contributed by atoms with Crippen molar-refractivity contribution < 1.29 is 18.7 Å². The Morgan fingerprint density at radius 1 is 1.21 bits per heavy atom. The van der Waals surface area contributed by atoms with E-state index < -0.39 is 5.60 Å². The molecule has 2 aliphatic heterocycles. The lowest BCUT2D eigenvalue weighted by molar-refractivity contribution is -0.152. The second kappa shape index (κ2) is 6.24. The smallest absolute Gasteiger partial charge is 0.307 e. The van der Waals surface area contributed by atoms with Gasteiger partial charge in [0.2, 0.25) is 5.91 Å². The second-order valence-electron chi connectivity index (χ2n) is 7.18. The summed E-state index contributed by atoms with van der Waals surface area (Å²) in [6, 6.07) is 3.87. The molecule has 4 rings (SSSR count). The molecule has 3 heterocycles. The molecule has 130 valence electrons. The van der Waals surface area contributed by atoms with E-state index in [-0.39, 0.29) is 24.2 Å². The largest absolute Gasteiger partial charge is 0.468 e. The molecule has 2 saturated heterocycles. The summed E-state index contributed by atoms with van der Waals surface area (Å²) in [5.41, 5.74) is -0.501. The van der Waals surface area contributed by atoms with Crippen molar-refractivity contribution in [1.29, 1.82) is 0 Å². The van der Waals surface area contributed by atoms with Crippen LogP contribution in [0.2, 0.25) is 0 Å². The molecule has 1 spiro atoms. The molecule has 3 fully saturated rings. The normalized spacial score (nSPS) is 26.9. The summed E-state index contributed by atoms with van der Waals surface area (Å²) >= 11 is 0. The van der Waals surface area contributed by atoms with Gasteiger partial charge in [-0.1, -0.05) is 0 Å². The van der Waals surface area contributed by atoms with E-state index in [9.17, 15) is 9.59 Å². The van der Waals surface area contributed by atoms with Crippen LogP contribution in [0.25, 0.3) is 0 Å². The predicted molar refractivity (Wildman–Crippen MR) is 86.0 cm³/mol. The zero-order valence-corrected chi connectivity index (χ0v) is 13.9. The SMILES string of the molecule is O=C1CC(C(=O)N2CCN(Cc3ccco3)CC2)C2(CCCC2)O1. The van der Waals surface area contributed by atoms with E-state index >= 15 is 0 Å². The Bertz CT molecular complexity index is 599. The lowest BCUT2D eigenvalue weighted by atomic mass is 9.84. The first kappa shape index (κ1) is 15.7. The van der Waals surface area contributed by atoms with Crippen LogP contribution in [0.1, 0.15) is 37.9 Å². The van der Waals surface area contributed by atoms with E-state index in [4.69, 9.17) is 9.15 Å². The van der Waals surface area contributed by atoms with Gasteiger partial charge in [0.05, 0.1) is 25.1 Å². The van der Waals surface area contributed by atoms with E-state index in [0.29, 0.717) is 13.1 Å². The Hall–Kier alpha value is -1.82. The standard InChI is InChI=1S/C18H24N2O4/c21-16-12-15(18(24-16)5-1-2-6-18)17(22)20-9-7-19(8-10-20)13-14-4-3-11-23-14/h3-4,11,15H,1-2,5-10,12-13H2. The predicted octanol–water partition coefficient (Wildman–Crippen LogP) is 1.80. The van der Waals surface area contributed by atoms with Crippen molar-refractivity contribution in [3.8, 4) is 0 Å². The molecule has 1 aromatic rings. The Morgan fingerprint density at radius 2 is 1.96 bits per heavy atom. The van der Waals surface area contributed by atoms with Gasteiger partial charge in [-0.3, -0.25) is 14.5 Å². The molecule has 1 aromatic heterocycles. The summed E-state index contributed by atoms with van der Waals surface area (Å²) in [7, 11) is 0. The van der Waals surface area contributed by atoms with Crippen molar-refractivity contribution in [3.63, 3.8) is 0 Å². The third-order valence-corrected chi connectivity index (χ3v) is 5.71. The highest BCUT2D eigenvalue weighted by Gasteiger charge is 2.54. The van der Waals surface area contributed by atoms with Crippen LogP contribution in [-0.2, 0) is 20.9 Å². The minimum Gasteiger partial charge on any atom is -0.468 e. The zero-order valence-electron chi connectivity index (χ0n) is 13.9. The Balaban J connectivity index is 1.36. The summed E-state index contributed by atoms with van der Waals surface area (Å²) in [5, 5.41) is 0. The molecular weight excluding hydrogens is 308 g/mol. The molecule has 1 unspecified atom stereocenters. The van der Waals surface area contributed by atoms with Gasteiger partial charge in [0.1, 0.15) is 11.4 Å². The van der Waals surface area contributed by atoms with Crippen LogP contribution in [0.15, 0.2) is 22.8 Å². The fraction of sp³-hybridized carbons (Fsp3) is 0.667. The number of amides is 1. The number of hydrogen-bond acceptors (Lipinski definition) is 5. The van der Waals surface area contributed by atoms with E-state index in [2.05, 4.69) is 4.90 Å². The van der Waals surface area contributed by atoms with E-state index in [0.717, 1.165) is 51.1 Å². The molecule has 6 heteroatoms. The van der Waals surface area contributed by atoms with Crippen molar-refractivity contribution in [2.45, 2.75) is 44.2 Å². The Morgan fingerprint density at radius 3 is 2.62 bits per heavy atom. The third-order valence-electron chi connectivity index (χ3n) is 5.71. The van der Waals surface area contributed by atoms with Crippen molar-refractivity contribution in [3.05, 3.63) is 24.2 Å². The zero-order chi connectivity index (χ0) is 16.6. The molecule has 6 nitrogen and oxygen atoms in total. The number of carbonyl (C=O) groups excluding carboxylic acids is 2. The molecular formula is C18H24N2O4. The lowest BCUT2D eigenvalue weighted by Crippen LogP contribution is -2.52. The van der Waals surface area contributed by atoms with Gasteiger partial charge in [-0.15, -0.1) is 0 Å². The highest BCUT2D eigenvalue weighted by Crippen LogP contribution is 2.46. The summed E-state index contributed by atoms with van der Waals surface area (Å²) in [6.45, 7) is 3.87. The number of hydrogen-bond donors (Lipinski definition) is 0. The Kier molecular flexibility index (Phi) is 4.08. The molecule has 0 N–H and O–H groups in total. The molecule has 0 radical (unpaired) electrons. The van der Waals surface area contributed by atoms with E-state index in [1.165, 1.54) is 0 Å². The maximum absolute atomic E-state index is 13.0. The van der Waals surface area contributed by atoms with Crippen LogP contribution in [0.3, 0.4) is 0 Å². The van der Waals surface area contributed by atoms with E-state index in [1.54, 1.807) is 6.26 Å². The van der Waals surface area contributed by atoms with Gasteiger partial charge < -0.3 is 14.1 Å². The average Bonchev–Trinajstić information content (AvgIpc) is 3.31.